The van der Waals surface area contributed by atoms with Crippen molar-refractivity contribution in [2.75, 3.05) is 25.1 Å². The topological polar surface area (TPSA) is 132 Å². The number of carbonyl (C=O) groups excluding carboxylic acids is 5. The summed E-state index contributed by atoms with van der Waals surface area (Å²) in [6.07, 6.45) is 2.99. The molecule has 3 aromatic rings. The summed E-state index contributed by atoms with van der Waals surface area (Å²) in [7, 11) is 0. The Labute approximate surface area is 251 Å². The Morgan fingerprint density at radius 3 is 2.48 bits per heavy atom. The summed E-state index contributed by atoms with van der Waals surface area (Å²) in [6.45, 7) is 3.69. The number of carbonyl (C=O) groups is 5. The largest absolute Gasteiger partial charge is 0.462 e. The van der Waals surface area contributed by atoms with Crippen LogP contribution < -0.4 is 5.32 Å². The molecule has 0 radical (unpaired) electrons. The third-order valence-electron chi connectivity index (χ3n) is 5.96. The van der Waals surface area contributed by atoms with Crippen molar-refractivity contribution in [3.8, 4) is 11.3 Å². The molecule has 0 unspecified atom stereocenters. The lowest BCUT2D eigenvalue weighted by atomic mass is 10.1. The average Bonchev–Trinajstić information content (AvgIpc) is 3.54. The molecule has 4 rings (SSSR count). The second-order valence-corrected chi connectivity index (χ2v) is 10.4. The molecule has 10 nitrogen and oxygen atoms in total. The van der Waals surface area contributed by atoms with Crippen LogP contribution in [-0.2, 0) is 19.1 Å². The van der Waals surface area contributed by atoms with Gasteiger partial charge in [0.1, 0.15) is 18.1 Å². The number of unbranched alkanes of at least 4 members (excludes halogenated alkanes) is 1. The number of benzene rings is 2. The van der Waals surface area contributed by atoms with Crippen LogP contribution >= 0.6 is 23.4 Å². The smallest absolute Gasteiger partial charge is 0.339 e. The van der Waals surface area contributed by atoms with Crippen LogP contribution in [0.2, 0.25) is 5.02 Å². The van der Waals surface area contributed by atoms with Gasteiger partial charge in [0.2, 0.25) is 5.91 Å². The predicted molar refractivity (Wildman–Crippen MR) is 158 cm³/mol. The number of anilines is 1. The van der Waals surface area contributed by atoms with Gasteiger partial charge >= 0.3 is 11.9 Å². The van der Waals surface area contributed by atoms with E-state index in [1.807, 2.05) is 6.92 Å². The maximum absolute atomic E-state index is 12.9. The van der Waals surface area contributed by atoms with Gasteiger partial charge in [0.25, 0.3) is 11.1 Å². The molecule has 2 aromatic carbocycles. The molecule has 12 heteroatoms. The zero-order chi connectivity index (χ0) is 30.2. The number of nitrogens with zero attached hydrogens (tertiary/aromatic N) is 1. The summed E-state index contributed by atoms with van der Waals surface area (Å²) >= 11 is 6.80. The number of halogens is 1. The molecule has 1 N–H and O–H groups in total. The minimum absolute atomic E-state index is 0.0902. The number of ether oxygens (including phenoxy) is 2. The molecule has 218 valence electrons. The highest BCUT2D eigenvalue weighted by Gasteiger charge is 2.36. The molecule has 1 aromatic heterocycles. The van der Waals surface area contributed by atoms with Crippen LogP contribution in [-0.4, -0.2) is 53.7 Å². The van der Waals surface area contributed by atoms with Gasteiger partial charge in [-0.3, -0.25) is 19.3 Å². The Bertz CT molecular complexity index is 1550. The number of thioether (sulfide) groups is 1. The highest BCUT2D eigenvalue weighted by atomic mass is 35.5. The number of hydrogen-bond acceptors (Lipinski definition) is 9. The Balaban J connectivity index is 1.39. The van der Waals surface area contributed by atoms with E-state index in [2.05, 4.69) is 5.32 Å². The molecular formula is C30H27ClN2O8S. The van der Waals surface area contributed by atoms with E-state index in [-0.39, 0.29) is 34.4 Å². The summed E-state index contributed by atoms with van der Waals surface area (Å²) < 4.78 is 16.0. The van der Waals surface area contributed by atoms with E-state index in [4.69, 9.17) is 25.5 Å². The highest BCUT2D eigenvalue weighted by Crippen LogP contribution is 2.33. The van der Waals surface area contributed by atoms with E-state index in [0.717, 1.165) is 11.3 Å². The molecule has 0 atom stereocenters. The first kappa shape index (κ1) is 30.6. The zero-order valence-electron chi connectivity index (χ0n) is 22.8. The first-order chi connectivity index (χ1) is 20.2. The number of esters is 2. The fraction of sp³-hybridized carbons (Fsp3) is 0.233. The second-order valence-electron chi connectivity index (χ2n) is 9.00. The van der Waals surface area contributed by atoms with Crippen LogP contribution in [0.1, 0.15) is 53.2 Å². The minimum atomic E-state index is -0.645. The van der Waals surface area contributed by atoms with Gasteiger partial charge < -0.3 is 19.2 Å². The van der Waals surface area contributed by atoms with Crippen molar-refractivity contribution in [3.05, 3.63) is 81.4 Å². The fourth-order valence-corrected chi connectivity index (χ4v) is 4.84. The lowest BCUT2D eigenvalue weighted by Crippen LogP contribution is -2.36. The van der Waals surface area contributed by atoms with E-state index >= 15 is 0 Å². The van der Waals surface area contributed by atoms with Crippen molar-refractivity contribution in [1.82, 2.24) is 4.90 Å². The first-order valence-electron chi connectivity index (χ1n) is 13.1. The van der Waals surface area contributed by atoms with Crippen molar-refractivity contribution in [1.29, 1.82) is 0 Å². The molecule has 1 fully saturated rings. The van der Waals surface area contributed by atoms with Crippen LogP contribution in [0.15, 0.2) is 63.9 Å². The van der Waals surface area contributed by atoms with E-state index < -0.39 is 35.5 Å². The molecule has 1 saturated heterocycles. The number of amides is 3. The summed E-state index contributed by atoms with van der Waals surface area (Å²) in [5.74, 6) is -1.50. The van der Waals surface area contributed by atoms with Crippen LogP contribution in [0, 0.1) is 0 Å². The predicted octanol–water partition coefficient (Wildman–Crippen LogP) is 6.41. The SMILES string of the molecule is CCCCOC(=O)c1cc(NC(=O)CN2C(=O)S/C(=C/c3ccc(-c4ccc(C(=O)OCC)cc4)o3)C2=O)ccc1Cl. The van der Waals surface area contributed by atoms with Gasteiger partial charge in [0.05, 0.1) is 34.3 Å². The van der Waals surface area contributed by atoms with Gasteiger partial charge in [-0.05, 0) is 67.6 Å². The van der Waals surface area contributed by atoms with Gasteiger partial charge in [-0.15, -0.1) is 0 Å². The normalized spacial score (nSPS) is 13.9. The van der Waals surface area contributed by atoms with E-state index in [1.165, 1.54) is 24.3 Å². The Hall–Kier alpha value is -4.35. The lowest BCUT2D eigenvalue weighted by Gasteiger charge is -2.13. The third kappa shape index (κ3) is 7.48. The molecule has 2 heterocycles. The molecule has 42 heavy (non-hydrogen) atoms. The van der Waals surface area contributed by atoms with Crippen LogP contribution in [0.5, 0.6) is 0 Å². The van der Waals surface area contributed by atoms with Crippen molar-refractivity contribution < 1.29 is 37.9 Å². The monoisotopic (exact) mass is 610 g/mol. The van der Waals surface area contributed by atoms with E-state index in [0.29, 0.717) is 40.8 Å². The molecule has 1 aliphatic heterocycles. The minimum Gasteiger partial charge on any atom is -0.462 e. The number of imide groups is 1. The van der Waals surface area contributed by atoms with Crippen LogP contribution in [0.4, 0.5) is 10.5 Å². The van der Waals surface area contributed by atoms with E-state index in [9.17, 15) is 24.0 Å². The molecular weight excluding hydrogens is 584 g/mol. The molecule has 0 bridgehead atoms. The fourth-order valence-electron chi connectivity index (χ4n) is 3.83. The Morgan fingerprint density at radius 2 is 1.76 bits per heavy atom. The third-order valence-corrected chi connectivity index (χ3v) is 7.19. The van der Waals surface area contributed by atoms with Gasteiger partial charge in [-0.25, -0.2) is 9.59 Å². The number of nitrogens with one attached hydrogen (secondary N) is 1. The average molecular weight is 611 g/mol. The van der Waals surface area contributed by atoms with Crippen molar-refractivity contribution in [2.45, 2.75) is 26.7 Å². The van der Waals surface area contributed by atoms with Gasteiger partial charge in [0, 0.05) is 17.3 Å². The van der Waals surface area contributed by atoms with Gasteiger partial charge in [-0.1, -0.05) is 37.1 Å². The summed E-state index contributed by atoms with van der Waals surface area (Å²) in [4.78, 5) is 63.2. The zero-order valence-corrected chi connectivity index (χ0v) is 24.4. The number of furan rings is 1. The van der Waals surface area contributed by atoms with Crippen molar-refractivity contribution in [3.63, 3.8) is 0 Å². The van der Waals surface area contributed by atoms with Crippen molar-refractivity contribution >= 4 is 64.1 Å². The van der Waals surface area contributed by atoms with Crippen molar-refractivity contribution in [2.24, 2.45) is 0 Å². The standard InChI is InChI=1S/C30H27ClN2O8S/c1-3-5-14-40-29(37)22-15-20(10-12-23(22)31)32-26(34)17-33-27(35)25(42-30(33)38)16-21-11-13-24(41-21)18-6-8-19(9-7-18)28(36)39-4-2/h6-13,15-16H,3-5,14,17H2,1-2H3,(H,32,34)/b25-16+. The Kier molecular flexibility index (Phi) is 10.2. The maximum Gasteiger partial charge on any atom is 0.339 e. The highest BCUT2D eigenvalue weighted by molar-refractivity contribution is 8.18. The molecule has 0 spiro atoms. The number of hydrogen-bond donors (Lipinski definition) is 1. The summed E-state index contributed by atoms with van der Waals surface area (Å²) in [5.41, 5.74) is 1.46. The Morgan fingerprint density at radius 1 is 1.00 bits per heavy atom. The molecule has 1 aliphatic rings. The number of rotatable bonds is 11. The second kappa shape index (κ2) is 14.0. The van der Waals surface area contributed by atoms with Crippen LogP contribution in [0.25, 0.3) is 17.4 Å². The first-order valence-corrected chi connectivity index (χ1v) is 14.3. The maximum atomic E-state index is 12.9. The molecule has 3 amide bonds. The van der Waals surface area contributed by atoms with Crippen LogP contribution in [0.3, 0.4) is 0 Å². The summed E-state index contributed by atoms with van der Waals surface area (Å²) in [6, 6.07) is 14.3. The quantitative estimate of drug-likeness (QED) is 0.149. The van der Waals surface area contributed by atoms with Gasteiger partial charge in [0.15, 0.2) is 0 Å². The summed E-state index contributed by atoms with van der Waals surface area (Å²) in [5, 5.41) is 2.13. The lowest BCUT2D eigenvalue weighted by molar-refractivity contribution is -0.127. The van der Waals surface area contributed by atoms with E-state index in [1.54, 1.807) is 43.3 Å². The molecule has 0 aliphatic carbocycles. The molecule has 0 saturated carbocycles. The van der Waals surface area contributed by atoms with Gasteiger partial charge in [-0.2, -0.15) is 0 Å².